The molecule has 0 aliphatic carbocycles. The van der Waals surface area contributed by atoms with Crippen LogP contribution in [0.15, 0.2) is 34.9 Å². The standard InChI is InChI=1S/C14H18N4O2/c1-9-7-13(18-20-9)8-16-14(19)17-12-5-3-11(4-6-12)10(2)15/h3-7,10H,8,15H2,1-2H3,(H2,16,17,19). The minimum absolute atomic E-state index is 0.0201. The molecule has 0 fully saturated rings. The van der Waals surface area contributed by atoms with Gasteiger partial charge in [-0.25, -0.2) is 4.79 Å². The van der Waals surface area contributed by atoms with Crippen LogP contribution in [0.5, 0.6) is 0 Å². The van der Waals surface area contributed by atoms with Gasteiger partial charge >= 0.3 is 6.03 Å². The van der Waals surface area contributed by atoms with E-state index in [4.69, 9.17) is 10.3 Å². The number of amides is 2. The van der Waals surface area contributed by atoms with E-state index in [1.807, 2.05) is 31.2 Å². The van der Waals surface area contributed by atoms with Crippen LogP contribution in [-0.2, 0) is 6.54 Å². The van der Waals surface area contributed by atoms with E-state index in [1.165, 1.54) is 0 Å². The molecule has 0 spiro atoms. The minimum atomic E-state index is -0.292. The summed E-state index contributed by atoms with van der Waals surface area (Å²) in [7, 11) is 0. The number of nitrogens with zero attached hydrogens (tertiary/aromatic N) is 1. The minimum Gasteiger partial charge on any atom is -0.361 e. The molecule has 6 heteroatoms. The summed E-state index contributed by atoms with van der Waals surface area (Å²) in [6.45, 7) is 4.03. The van der Waals surface area contributed by atoms with Gasteiger partial charge in [-0.1, -0.05) is 17.3 Å². The Hall–Kier alpha value is -2.34. The van der Waals surface area contributed by atoms with Crippen molar-refractivity contribution in [3.63, 3.8) is 0 Å². The van der Waals surface area contributed by atoms with Gasteiger partial charge in [0, 0.05) is 17.8 Å². The Labute approximate surface area is 117 Å². The van der Waals surface area contributed by atoms with Crippen molar-refractivity contribution < 1.29 is 9.32 Å². The van der Waals surface area contributed by atoms with Gasteiger partial charge in [0.2, 0.25) is 0 Å². The summed E-state index contributed by atoms with van der Waals surface area (Å²) in [5.41, 5.74) is 8.18. The fraction of sp³-hybridized carbons (Fsp3) is 0.286. The van der Waals surface area contributed by atoms with E-state index < -0.39 is 0 Å². The average molecular weight is 274 g/mol. The third-order valence-electron chi connectivity index (χ3n) is 2.80. The summed E-state index contributed by atoms with van der Waals surface area (Å²) in [4.78, 5) is 11.7. The number of nitrogens with two attached hydrogens (primary N) is 1. The highest BCUT2D eigenvalue weighted by Crippen LogP contribution is 2.14. The zero-order chi connectivity index (χ0) is 14.5. The SMILES string of the molecule is Cc1cc(CNC(=O)Nc2ccc(C(C)N)cc2)no1. The predicted octanol–water partition coefficient (Wildman–Crippen LogP) is 2.32. The van der Waals surface area contributed by atoms with Crippen molar-refractivity contribution in [3.8, 4) is 0 Å². The topological polar surface area (TPSA) is 93.2 Å². The van der Waals surface area contributed by atoms with E-state index in [9.17, 15) is 4.79 Å². The summed E-state index contributed by atoms with van der Waals surface area (Å²) >= 11 is 0. The molecule has 0 radical (unpaired) electrons. The molecule has 0 aliphatic rings. The molecule has 20 heavy (non-hydrogen) atoms. The third-order valence-corrected chi connectivity index (χ3v) is 2.80. The van der Waals surface area contributed by atoms with E-state index in [0.29, 0.717) is 23.7 Å². The average Bonchev–Trinajstić information content (AvgIpc) is 2.83. The zero-order valence-corrected chi connectivity index (χ0v) is 11.5. The van der Waals surface area contributed by atoms with Gasteiger partial charge in [-0.05, 0) is 31.5 Å². The predicted molar refractivity (Wildman–Crippen MR) is 76.1 cm³/mol. The largest absolute Gasteiger partial charge is 0.361 e. The Bertz CT molecular complexity index is 575. The van der Waals surface area contributed by atoms with Crippen LogP contribution in [0.1, 0.15) is 30.0 Å². The number of rotatable bonds is 4. The Kier molecular flexibility index (Phi) is 4.37. The van der Waals surface area contributed by atoms with Gasteiger partial charge in [0.25, 0.3) is 0 Å². The highest BCUT2D eigenvalue weighted by molar-refractivity contribution is 5.89. The van der Waals surface area contributed by atoms with Crippen LogP contribution in [0, 0.1) is 6.92 Å². The molecule has 4 N–H and O–H groups in total. The number of aromatic nitrogens is 1. The van der Waals surface area contributed by atoms with Crippen molar-refractivity contribution in [1.82, 2.24) is 10.5 Å². The molecule has 0 saturated carbocycles. The lowest BCUT2D eigenvalue weighted by Gasteiger charge is -2.09. The van der Waals surface area contributed by atoms with Gasteiger partial charge in [-0.2, -0.15) is 0 Å². The number of urea groups is 1. The summed E-state index contributed by atoms with van der Waals surface area (Å²) in [6.07, 6.45) is 0. The number of hydrogen-bond acceptors (Lipinski definition) is 4. The summed E-state index contributed by atoms with van der Waals surface area (Å²) < 4.78 is 4.92. The Morgan fingerprint density at radius 2 is 2.10 bits per heavy atom. The molecule has 0 aliphatic heterocycles. The normalized spacial score (nSPS) is 11.9. The molecule has 6 nitrogen and oxygen atoms in total. The van der Waals surface area contributed by atoms with Crippen LogP contribution in [0.4, 0.5) is 10.5 Å². The monoisotopic (exact) mass is 274 g/mol. The molecule has 1 atom stereocenters. The van der Waals surface area contributed by atoms with Crippen molar-refractivity contribution >= 4 is 11.7 Å². The van der Waals surface area contributed by atoms with Crippen LogP contribution in [0.3, 0.4) is 0 Å². The molecule has 1 aromatic carbocycles. The van der Waals surface area contributed by atoms with Crippen LogP contribution >= 0.6 is 0 Å². The molecule has 2 aromatic rings. The van der Waals surface area contributed by atoms with E-state index in [-0.39, 0.29) is 12.1 Å². The van der Waals surface area contributed by atoms with Gasteiger partial charge in [0.05, 0.1) is 6.54 Å². The molecule has 1 aromatic heterocycles. The van der Waals surface area contributed by atoms with E-state index in [1.54, 1.807) is 13.0 Å². The lowest BCUT2D eigenvalue weighted by atomic mass is 10.1. The first-order chi connectivity index (χ1) is 9.54. The highest BCUT2D eigenvalue weighted by Gasteiger charge is 2.05. The van der Waals surface area contributed by atoms with Crippen LogP contribution in [-0.4, -0.2) is 11.2 Å². The van der Waals surface area contributed by atoms with Crippen molar-refractivity contribution in [2.45, 2.75) is 26.4 Å². The van der Waals surface area contributed by atoms with E-state index in [2.05, 4.69) is 15.8 Å². The van der Waals surface area contributed by atoms with Gasteiger partial charge in [-0.3, -0.25) is 0 Å². The number of aryl methyl sites for hydroxylation is 1. The first kappa shape index (κ1) is 14.1. The molecule has 106 valence electrons. The lowest BCUT2D eigenvalue weighted by molar-refractivity contribution is 0.251. The fourth-order valence-electron chi connectivity index (χ4n) is 1.72. The van der Waals surface area contributed by atoms with E-state index in [0.717, 1.165) is 5.56 Å². The molecule has 1 unspecified atom stereocenters. The summed E-state index contributed by atoms with van der Waals surface area (Å²) in [5.74, 6) is 0.716. The molecular weight excluding hydrogens is 256 g/mol. The smallest absolute Gasteiger partial charge is 0.319 e. The van der Waals surface area contributed by atoms with Crippen molar-refractivity contribution in [3.05, 3.63) is 47.3 Å². The van der Waals surface area contributed by atoms with E-state index >= 15 is 0 Å². The quantitative estimate of drug-likeness (QED) is 0.797. The van der Waals surface area contributed by atoms with Gasteiger partial charge in [-0.15, -0.1) is 0 Å². The van der Waals surface area contributed by atoms with Crippen LogP contribution in [0.2, 0.25) is 0 Å². The molecule has 2 rings (SSSR count). The second-order valence-electron chi connectivity index (χ2n) is 4.65. The maximum Gasteiger partial charge on any atom is 0.319 e. The number of nitrogens with one attached hydrogen (secondary N) is 2. The molecule has 0 saturated heterocycles. The summed E-state index contributed by atoms with van der Waals surface area (Å²) in [5, 5.41) is 9.23. The molecular formula is C14H18N4O2. The lowest BCUT2D eigenvalue weighted by Crippen LogP contribution is -2.28. The first-order valence-electron chi connectivity index (χ1n) is 6.37. The number of anilines is 1. The maximum absolute atomic E-state index is 11.7. The van der Waals surface area contributed by atoms with Crippen LogP contribution < -0.4 is 16.4 Å². The first-order valence-corrected chi connectivity index (χ1v) is 6.37. The highest BCUT2D eigenvalue weighted by atomic mass is 16.5. The number of benzene rings is 1. The van der Waals surface area contributed by atoms with Crippen molar-refractivity contribution in [2.75, 3.05) is 5.32 Å². The second kappa shape index (κ2) is 6.21. The van der Waals surface area contributed by atoms with Gasteiger partial charge in [0.15, 0.2) is 0 Å². The Morgan fingerprint density at radius 1 is 1.40 bits per heavy atom. The van der Waals surface area contributed by atoms with Gasteiger partial charge in [0.1, 0.15) is 11.5 Å². The summed E-state index contributed by atoms with van der Waals surface area (Å²) in [6, 6.07) is 8.88. The maximum atomic E-state index is 11.7. The number of carbonyl (C=O) groups excluding carboxylic acids is 1. The zero-order valence-electron chi connectivity index (χ0n) is 11.5. The molecule has 0 bridgehead atoms. The fourth-order valence-corrected chi connectivity index (χ4v) is 1.72. The van der Waals surface area contributed by atoms with Crippen LogP contribution in [0.25, 0.3) is 0 Å². The Morgan fingerprint density at radius 3 is 2.65 bits per heavy atom. The third kappa shape index (κ3) is 3.83. The second-order valence-corrected chi connectivity index (χ2v) is 4.65. The van der Waals surface area contributed by atoms with Gasteiger partial charge < -0.3 is 20.9 Å². The number of hydrogen-bond donors (Lipinski definition) is 3. The molecule has 1 heterocycles. The van der Waals surface area contributed by atoms with Crippen molar-refractivity contribution in [1.29, 1.82) is 0 Å². The molecule has 2 amide bonds. The number of carbonyl (C=O) groups is 1. The Balaban J connectivity index is 1.84. The van der Waals surface area contributed by atoms with Crippen molar-refractivity contribution in [2.24, 2.45) is 5.73 Å².